The standard InChI is InChI=1S/C11H20N2O/c1-2-3-4-5-7-10(13-12)11-8-6-9-14-11/h6,8-10,13H,2-5,7,12H2,1H3. The predicted octanol–water partition coefficient (Wildman–Crippen LogP) is 2.75. The van der Waals surface area contributed by atoms with E-state index in [4.69, 9.17) is 10.3 Å². The third-order valence-corrected chi connectivity index (χ3v) is 2.43. The lowest BCUT2D eigenvalue weighted by Crippen LogP contribution is -2.27. The molecule has 0 bridgehead atoms. The molecule has 3 nitrogen and oxygen atoms in total. The zero-order valence-electron chi connectivity index (χ0n) is 8.83. The van der Waals surface area contributed by atoms with Crippen LogP contribution in [-0.2, 0) is 0 Å². The summed E-state index contributed by atoms with van der Waals surface area (Å²) in [5, 5.41) is 0. The molecular formula is C11H20N2O. The predicted molar refractivity (Wildman–Crippen MR) is 57.5 cm³/mol. The van der Waals surface area contributed by atoms with Crippen molar-refractivity contribution in [3.63, 3.8) is 0 Å². The molecule has 14 heavy (non-hydrogen) atoms. The van der Waals surface area contributed by atoms with Crippen LogP contribution in [0.5, 0.6) is 0 Å². The average Bonchev–Trinajstić information content (AvgIpc) is 2.71. The maximum Gasteiger partial charge on any atom is 0.122 e. The quantitative estimate of drug-likeness (QED) is 0.400. The van der Waals surface area contributed by atoms with Gasteiger partial charge in [-0.05, 0) is 18.6 Å². The van der Waals surface area contributed by atoms with Crippen LogP contribution in [0, 0.1) is 0 Å². The molecule has 1 atom stereocenters. The minimum atomic E-state index is 0.168. The third-order valence-electron chi connectivity index (χ3n) is 2.43. The summed E-state index contributed by atoms with van der Waals surface area (Å²) >= 11 is 0. The fourth-order valence-corrected chi connectivity index (χ4v) is 1.57. The van der Waals surface area contributed by atoms with Crippen molar-refractivity contribution < 1.29 is 4.42 Å². The molecule has 0 aliphatic heterocycles. The first kappa shape index (κ1) is 11.3. The van der Waals surface area contributed by atoms with Crippen molar-refractivity contribution in [3.8, 4) is 0 Å². The highest BCUT2D eigenvalue weighted by Crippen LogP contribution is 2.19. The van der Waals surface area contributed by atoms with E-state index in [0.29, 0.717) is 0 Å². The van der Waals surface area contributed by atoms with Gasteiger partial charge in [-0.1, -0.05) is 32.6 Å². The zero-order chi connectivity index (χ0) is 10.2. The van der Waals surface area contributed by atoms with Crippen LogP contribution in [0.2, 0.25) is 0 Å². The number of rotatable bonds is 7. The van der Waals surface area contributed by atoms with Crippen LogP contribution in [0.4, 0.5) is 0 Å². The monoisotopic (exact) mass is 196 g/mol. The van der Waals surface area contributed by atoms with Gasteiger partial charge >= 0.3 is 0 Å². The molecule has 0 aliphatic carbocycles. The van der Waals surface area contributed by atoms with Crippen molar-refractivity contribution in [1.29, 1.82) is 0 Å². The summed E-state index contributed by atoms with van der Waals surface area (Å²) in [6.07, 6.45) is 7.77. The van der Waals surface area contributed by atoms with Gasteiger partial charge in [0.2, 0.25) is 0 Å². The topological polar surface area (TPSA) is 51.2 Å². The molecule has 0 aliphatic rings. The van der Waals surface area contributed by atoms with Gasteiger partial charge in [0.15, 0.2) is 0 Å². The van der Waals surface area contributed by atoms with E-state index < -0.39 is 0 Å². The van der Waals surface area contributed by atoms with Gasteiger partial charge in [-0.3, -0.25) is 5.84 Å². The fourth-order valence-electron chi connectivity index (χ4n) is 1.57. The van der Waals surface area contributed by atoms with Crippen LogP contribution in [0.15, 0.2) is 22.8 Å². The van der Waals surface area contributed by atoms with E-state index >= 15 is 0 Å². The summed E-state index contributed by atoms with van der Waals surface area (Å²) in [7, 11) is 0. The highest BCUT2D eigenvalue weighted by atomic mass is 16.3. The Kier molecular flexibility index (Phi) is 5.33. The van der Waals surface area contributed by atoms with E-state index in [9.17, 15) is 0 Å². The molecule has 1 aromatic rings. The number of hydrazine groups is 1. The highest BCUT2D eigenvalue weighted by Gasteiger charge is 2.10. The van der Waals surface area contributed by atoms with Crippen molar-refractivity contribution in [2.24, 2.45) is 5.84 Å². The van der Waals surface area contributed by atoms with Crippen LogP contribution in [0.25, 0.3) is 0 Å². The Morgan fingerprint density at radius 3 is 2.86 bits per heavy atom. The first-order valence-corrected chi connectivity index (χ1v) is 5.38. The van der Waals surface area contributed by atoms with Crippen LogP contribution in [0.3, 0.4) is 0 Å². The summed E-state index contributed by atoms with van der Waals surface area (Å²) in [6, 6.07) is 4.03. The Hall–Kier alpha value is -0.800. The molecule has 0 aromatic carbocycles. The molecule has 0 saturated heterocycles. The van der Waals surface area contributed by atoms with E-state index in [1.165, 1.54) is 25.7 Å². The Morgan fingerprint density at radius 1 is 1.43 bits per heavy atom. The molecule has 3 heteroatoms. The van der Waals surface area contributed by atoms with Crippen LogP contribution < -0.4 is 11.3 Å². The number of hydrogen-bond acceptors (Lipinski definition) is 3. The van der Waals surface area contributed by atoms with E-state index in [0.717, 1.165) is 12.2 Å². The first-order valence-electron chi connectivity index (χ1n) is 5.38. The smallest absolute Gasteiger partial charge is 0.122 e. The molecule has 0 fully saturated rings. The Balaban J connectivity index is 2.26. The molecule has 0 saturated carbocycles. The largest absolute Gasteiger partial charge is 0.468 e. The second kappa shape index (κ2) is 6.62. The molecule has 1 unspecified atom stereocenters. The van der Waals surface area contributed by atoms with E-state index in [2.05, 4.69) is 12.3 Å². The van der Waals surface area contributed by atoms with Gasteiger partial charge in [0.1, 0.15) is 5.76 Å². The normalized spacial score (nSPS) is 13.0. The van der Waals surface area contributed by atoms with E-state index in [-0.39, 0.29) is 6.04 Å². The molecule has 0 amide bonds. The van der Waals surface area contributed by atoms with Crippen molar-refractivity contribution in [2.45, 2.75) is 45.1 Å². The molecule has 1 rings (SSSR count). The number of furan rings is 1. The van der Waals surface area contributed by atoms with Gasteiger partial charge < -0.3 is 4.42 Å². The zero-order valence-corrected chi connectivity index (χ0v) is 8.83. The van der Waals surface area contributed by atoms with Gasteiger partial charge in [-0.15, -0.1) is 0 Å². The summed E-state index contributed by atoms with van der Waals surface area (Å²) in [6.45, 7) is 2.21. The van der Waals surface area contributed by atoms with Gasteiger partial charge in [-0.2, -0.15) is 0 Å². The van der Waals surface area contributed by atoms with Crippen molar-refractivity contribution in [2.75, 3.05) is 0 Å². The number of unbranched alkanes of at least 4 members (excludes halogenated alkanes) is 3. The second-order valence-corrected chi connectivity index (χ2v) is 3.58. The van der Waals surface area contributed by atoms with Gasteiger partial charge in [0.05, 0.1) is 12.3 Å². The Labute approximate surface area is 85.6 Å². The molecule has 3 N–H and O–H groups in total. The van der Waals surface area contributed by atoms with Crippen LogP contribution in [0.1, 0.15) is 50.8 Å². The lowest BCUT2D eigenvalue weighted by molar-refractivity contribution is 0.389. The minimum Gasteiger partial charge on any atom is -0.468 e. The highest BCUT2D eigenvalue weighted by molar-refractivity contribution is 5.03. The fraction of sp³-hybridized carbons (Fsp3) is 0.636. The summed E-state index contributed by atoms with van der Waals surface area (Å²) in [5.41, 5.74) is 2.79. The molecule has 0 radical (unpaired) electrons. The third kappa shape index (κ3) is 3.52. The molecule has 1 aromatic heterocycles. The van der Waals surface area contributed by atoms with Crippen molar-refractivity contribution in [1.82, 2.24) is 5.43 Å². The SMILES string of the molecule is CCCCCCC(NN)c1ccco1. The van der Waals surface area contributed by atoms with Gasteiger partial charge in [0, 0.05) is 0 Å². The Bertz CT molecular complexity index is 221. The molecule has 80 valence electrons. The number of hydrogen-bond donors (Lipinski definition) is 2. The second-order valence-electron chi connectivity index (χ2n) is 3.58. The van der Waals surface area contributed by atoms with Gasteiger partial charge in [0.25, 0.3) is 0 Å². The van der Waals surface area contributed by atoms with Crippen molar-refractivity contribution >= 4 is 0 Å². The maximum absolute atomic E-state index is 5.47. The maximum atomic E-state index is 5.47. The van der Waals surface area contributed by atoms with Crippen molar-refractivity contribution in [3.05, 3.63) is 24.2 Å². The van der Waals surface area contributed by atoms with Crippen LogP contribution in [-0.4, -0.2) is 0 Å². The molecule has 1 heterocycles. The minimum absolute atomic E-state index is 0.168. The first-order chi connectivity index (χ1) is 6.88. The van der Waals surface area contributed by atoms with Crippen LogP contribution >= 0.6 is 0 Å². The van der Waals surface area contributed by atoms with E-state index in [1.807, 2.05) is 12.1 Å². The summed E-state index contributed by atoms with van der Waals surface area (Å²) < 4.78 is 5.30. The molecule has 0 spiro atoms. The number of nitrogens with two attached hydrogens (primary N) is 1. The number of nitrogens with one attached hydrogen (secondary N) is 1. The Morgan fingerprint density at radius 2 is 2.29 bits per heavy atom. The lowest BCUT2D eigenvalue weighted by atomic mass is 10.1. The van der Waals surface area contributed by atoms with E-state index in [1.54, 1.807) is 6.26 Å². The van der Waals surface area contributed by atoms with Gasteiger partial charge in [-0.25, -0.2) is 5.43 Å². The lowest BCUT2D eigenvalue weighted by Gasteiger charge is -2.12. The summed E-state index contributed by atoms with van der Waals surface area (Å²) in [5.74, 6) is 6.40. The summed E-state index contributed by atoms with van der Waals surface area (Å²) in [4.78, 5) is 0. The molecular weight excluding hydrogens is 176 g/mol. The average molecular weight is 196 g/mol.